The SMILES string of the molecule is CCOCCn1c(=NC(=O)CSCC(=O)Nc2cc(C)on2)sc2cc(OCC)ccc21. The fourth-order valence-electron chi connectivity index (χ4n) is 2.89. The molecular weight excluding hydrogens is 452 g/mol. The van der Waals surface area contributed by atoms with Gasteiger partial charge in [-0.25, -0.2) is 0 Å². The molecule has 0 saturated carbocycles. The summed E-state index contributed by atoms with van der Waals surface area (Å²) in [5.41, 5.74) is 0.972. The zero-order valence-corrected chi connectivity index (χ0v) is 19.9. The number of rotatable bonds is 11. The van der Waals surface area contributed by atoms with Crippen molar-refractivity contribution in [2.45, 2.75) is 27.3 Å². The highest BCUT2D eigenvalue weighted by Gasteiger charge is 2.11. The molecule has 2 amide bonds. The summed E-state index contributed by atoms with van der Waals surface area (Å²) in [6, 6.07) is 7.46. The third-order valence-electron chi connectivity index (χ3n) is 4.20. The van der Waals surface area contributed by atoms with E-state index in [9.17, 15) is 9.59 Å². The Labute approximate surface area is 193 Å². The summed E-state index contributed by atoms with van der Waals surface area (Å²) in [7, 11) is 0. The number of nitrogens with zero attached hydrogens (tertiary/aromatic N) is 3. The first-order valence-electron chi connectivity index (χ1n) is 10.2. The maximum atomic E-state index is 12.5. The molecule has 2 aromatic heterocycles. The minimum Gasteiger partial charge on any atom is -0.494 e. The minimum atomic E-state index is -0.304. The number of thioether (sulfide) groups is 1. The molecule has 1 aromatic carbocycles. The number of fused-ring (bicyclic) bond motifs is 1. The summed E-state index contributed by atoms with van der Waals surface area (Å²) in [6.45, 7) is 7.92. The summed E-state index contributed by atoms with van der Waals surface area (Å²) >= 11 is 2.62. The van der Waals surface area contributed by atoms with Crippen LogP contribution in [0.25, 0.3) is 10.2 Å². The van der Waals surface area contributed by atoms with Gasteiger partial charge in [0.2, 0.25) is 5.91 Å². The van der Waals surface area contributed by atoms with E-state index in [4.69, 9.17) is 14.0 Å². The van der Waals surface area contributed by atoms with Gasteiger partial charge in [-0.2, -0.15) is 4.99 Å². The van der Waals surface area contributed by atoms with Gasteiger partial charge < -0.3 is 23.9 Å². The fraction of sp³-hybridized carbons (Fsp3) is 0.429. The van der Waals surface area contributed by atoms with Gasteiger partial charge in [0.1, 0.15) is 11.5 Å². The molecule has 172 valence electrons. The zero-order chi connectivity index (χ0) is 22.9. The van der Waals surface area contributed by atoms with E-state index in [0.717, 1.165) is 16.0 Å². The lowest BCUT2D eigenvalue weighted by Crippen LogP contribution is -2.20. The van der Waals surface area contributed by atoms with Crippen LogP contribution in [0.2, 0.25) is 0 Å². The highest BCUT2D eigenvalue weighted by Crippen LogP contribution is 2.23. The first kappa shape index (κ1) is 24.0. The zero-order valence-electron chi connectivity index (χ0n) is 18.3. The molecular formula is C21H26N4O5S2. The van der Waals surface area contributed by atoms with Gasteiger partial charge in [0.05, 0.1) is 34.9 Å². The van der Waals surface area contributed by atoms with E-state index >= 15 is 0 Å². The molecule has 3 rings (SSSR count). The number of ether oxygens (including phenoxy) is 2. The Bertz CT molecular complexity index is 1130. The Balaban J connectivity index is 1.68. The van der Waals surface area contributed by atoms with Crippen LogP contribution in [0.4, 0.5) is 5.82 Å². The maximum Gasteiger partial charge on any atom is 0.258 e. The van der Waals surface area contributed by atoms with E-state index in [-0.39, 0.29) is 23.3 Å². The lowest BCUT2D eigenvalue weighted by Gasteiger charge is -2.06. The van der Waals surface area contributed by atoms with Crippen LogP contribution < -0.4 is 14.9 Å². The number of carbonyl (C=O) groups excluding carboxylic acids is 2. The minimum absolute atomic E-state index is 0.0924. The van der Waals surface area contributed by atoms with Gasteiger partial charge in [0, 0.05) is 19.2 Å². The Morgan fingerprint density at radius 3 is 2.81 bits per heavy atom. The van der Waals surface area contributed by atoms with Crippen molar-refractivity contribution in [3.63, 3.8) is 0 Å². The second-order valence-corrected chi connectivity index (χ2v) is 8.66. The lowest BCUT2D eigenvalue weighted by molar-refractivity contribution is -0.115. The molecule has 0 unspecified atom stereocenters. The molecule has 0 atom stereocenters. The van der Waals surface area contributed by atoms with Crippen LogP contribution in [-0.2, 0) is 20.9 Å². The number of amides is 2. The molecule has 0 aliphatic rings. The predicted molar refractivity (Wildman–Crippen MR) is 125 cm³/mol. The standard InChI is InChI=1S/C21H26N4O5S2/c1-4-28-9-8-25-16-7-6-15(29-5-2)11-17(16)32-21(25)23-20(27)13-31-12-19(26)22-18-10-14(3)30-24-18/h6-7,10-11H,4-5,8-9,12-13H2,1-3H3,(H,22,24,26). The largest absolute Gasteiger partial charge is 0.494 e. The third kappa shape index (κ3) is 6.68. The van der Waals surface area contributed by atoms with Crippen LogP contribution in [0.15, 0.2) is 33.8 Å². The van der Waals surface area contributed by atoms with Crippen LogP contribution in [0.3, 0.4) is 0 Å². The molecule has 0 aliphatic heterocycles. The van der Waals surface area contributed by atoms with E-state index in [0.29, 0.717) is 42.7 Å². The van der Waals surface area contributed by atoms with Gasteiger partial charge in [-0.3, -0.25) is 9.59 Å². The highest BCUT2D eigenvalue weighted by atomic mass is 32.2. The molecule has 0 spiro atoms. The van der Waals surface area contributed by atoms with Gasteiger partial charge in [-0.1, -0.05) is 16.5 Å². The van der Waals surface area contributed by atoms with Crippen LogP contribution in [0.5, 0.6) is 5.75 Å². The Morgan fingerprint density at radius 2 is 2.09 bits per heavy atom. The molecule has 1 N–H and O–H groups in total. The van der Waals surface area contributed by atoms with Gasteiger partial charge in [0.15, 0.2) is 10.6 Å². The smallest absolute Gasteiger partial charge is 0.258 e. The average molecular weight is 479 g/mol. The average Bonchev–Trinajstić information content (AvgIpc) is 3.31. The molecule has 11 heteroatoms. The van der Waals surface area contributed by atoms with E-state index < -0.39 is 0 Å². The number of anilines is 1. The van der Waals surface area contributed by atoms with Crippen LogP contribution in [-0.4, -0.2) is 52.9 Å². The van der Waals surface area contributed by atoms with Crippen molar-refractivity contribution >= 4 is 50.9 Å². The second kappa shape index (κ2) is 11.8. The molecule has 9 nitrogen and oxygen atoms in total. The number of nitrogens with one attached hydrogen (secondary N) is 1. The predicted octanol–water partition coefficient (Wildman–Crippen LogP) is 3.23. The third-order valence-corrected chi connectivity index (χ3v) is 6.16. The van der Waals surface area contributed by atoms with E-state index in [1.165, 1.54) is 23.1 Å². The summed E-state index contributed by atoms with van der Waals surface area (Å²) in [5, 5.41) is 6.33. The topological polar surface area (TPSA) is 108 Å². The molecule has 0 bridgehead atoms. The molecule has 0 aliphatic carbocycles. The van der Waals surface area contributed by atoms with Crippen molar-refractivity contribution in [3.8, 4) is 5.75 Å². The van der Waals surface area contributed by atoms with E-state index in [1.807, 2.05) is 36.6 Å². The Kier molecular flexibility index (Phi) is 8.89. The Hall–Kier alpha value is -2.63. The summed E-state index contributed by atoms with van der Waals surface area (Å²) in [4.78, 5) is 29.4. The second-order valence-electron chi connectivity index (χ2n) is 6.67. The molecule has 0 radical (unpaired) electrons. The highest BCUT2D eigenvalue weighted by molar-refractivity contribution is 8.00. The first-order chi connectivity index (χ1) is 15.5. The quantitative estimate of drug-likeness (QED) is 0.422. The number of hydrogen-bond donors (Lipinski definition) is 1. The van der Waals surface area contributed by atoms with E-state index in [2.05, 4.69) is 15.5 Å². The maximum absolute atomic E-state index is 12.5. The lowest BCUT2D eigenvalue weighted by atomic mass is 10.3. The molecule has 0 saturated heterocycles. The van der Waals surface area contributed by atoms with Crippen molar-refractivity contribution in [1.29, 1.82) is 0 Å². The number of thiazole rings is 1. The summed E-state index contributed by atoms with van der Waals surface area (Å²) < 4.78 is 18.9. The number of aryl methyl sites for hydroxylation is 1. The summed E-state index contributed by atoms with van der Waals surface area (Å²) in [6.07, 6.45) is 0. The van der Waals surface area contributed by atoms with Crippen molar-refractivity contribution < 1.29 is 23.6 Å². The number of benzene rings is 1. The monoisotopic (exact) mass is 478 g/mol. The van der Waals surface area contributed by atoms with Gasteiger partial charge in [-0.15, -0.1) is 11.8 Å². The normalized spacial score (nSPS) is 11.8. The van der Waals surface area contributed by atoms with Crippen molar-refractivity contribution in [3.05, 3.63) is 34.8 Å². The molecule has 0 fully saturated rings. The number of aromatic nitrogens is 2. The van der Waals surface area contributed by atoms with Crippen LogP contribution >= 0.6 is 23.1 Å². The van der Waals surface area contributed by atoms with Crippen LogP contribution in [0, 0.1) is 6.92 Å². The summed E-state index contributed by atoms with van der Waals surface area (Å²) in [5.74, 6) is 1.39. The van der Waals surface area contributed by atoms with Crippen molar-refractivity contribution in [2.24, 2.45) is 4.99 Å². The van der Waals surface area contributed by atoms with Crippen molar-refractivity contribution in [1.82, 2.24) is 9.72 Å². The fourth-order valence-corrected chi connectivity index (χ4v) is 4.59. The molecule has 32 heavy (non-hydrogen) atoms. The van der Waals surface area contributed by atoms with Gasteiger partial charge in [0.25, 0.3) is 5.91 Å². The number of carbonyl (C=O) groups is 2. The first-order valence-corrected chi connectivity index (χ1v) is 12.2. The van der Waals surface area contributed by atoms with Gasteiger partial charge in [-0.05, 0) is 39.0 Å². The van der Waals surface area contributed by atoms with Crippen LogP contribution in [0.1, 0.15) is 19.6 Å². The van der Waals surface area contributed by atoms with E-state index in [1.54, 1.807) is 13.0 Å². The number of hydrogen-bond acceptors (Lipinski definition) is 8. The Morgan fingerprint density at radius 1 is 1.25 bits per heavy atom. The van der Waals surface area contributed by atoms with Gasteiger partial charge >= 0.3 is 0 Å². The molecule has 2 heterocycles. The molecule has 3 aromatic rings. The van der Waals surface area contributed by atoms with Crippen molar-refractivity contribution in [2.75, 3.05) is 36.6 Å².